The summed E-state index contributed by atoms with van der Waals surface area (Å²) < 4.78 is 5.59. The Balaban J connectivity index is 1.63. The van der Waals surface area contributed by atoms with Crippen molar-refractivity contribution in [1.82, 2.24) is 4.98 Å². The first-order chi connectivity index (χ1) is 11.6. The number of cyclic esters (lactones) is 1. The number of allylic oxidation sites excluding steroid dienone is 1. The molecule has 4 rings (SSSR count). The van der Waals surface area contributed by atoms with E-state index in [0.29, 0.717) is 23.7 Å². The van der Waals surface area contributed by atoms with E-state index in [1.807, 2.05) is 19.1 Å². The largest absolute Gasteiger partial charge is 0.506 e. The van der Waals surface area contributed by atoms with Crippen LogP contribution in [0.1, 0.15) is 44.7 Å². The molecule has 2 heterocycles. The molecule has 0 aromatic carbocycles. The van der Waals surface area contributed by atoms with Crippen LogP contribution in [-0.4, -0.2) is 22.2 Å². The minimum Gasteiger partial charge on any atom is -0.506 e. The van der Waals surface area contributed by atoms with Gasteiger partial charge in [0.1, 0.15) is 11.9 Å². The van der Waals surface area contributed by atoms with Crippen LogP contribution in [-0.2, 0) is 9.53 Å². The van der Waals surface area contributed by atoms with Gasteiger partial charge in [0.15, 0.2) is 0 Å². The Kier molecular flexibility index (Phi) is 4.07. The van der Waals surface area contributed by atoms with Crippen LogP contribution in [0.3, 0.4) is 0 Å². The third-order valence-electron chi connectivity index (χ3n) is 6.33. The van der Waals surface area contributed by atoms with Crippen LogP contribution >= 0.6 is 0 Å². The number of pyridine rings is 1. The van der Waals surface area contributed by atoms with Crippen LogP contribution in [0, 0.1) is 29.6 Å². The summed E-state index contributed by atoms with van der Waals surface area (Å²) in [5, 5.41) is 9.37. The molecule has 6 atom stereocenters. The SMILES string of the molecule is C[C@@H]1OC(=O)[C@H]2C[C@H]3CCCCC3[C@@H](/C=C/c3ccc(O)cn3)[C@@H]12. The normalized spacial score (nSPS) is 38.6. The predicted octanol–water partition coefficient (Wildman–Crippen LogP) is 3.80. The van der Waals surface area contributed by atoms with Crippen LogP contribution in [0.4, 0.5) is 0 Å². The maximum Gasteiger partial charge on any atom is 0.309 e. The number of fused-ring (bicyclic) bond motifs is 2. The van der Waals surface area contributed by atoms with Crippen molar-refractivity contribution >= 4 is 12.0 Å². The number of esters is 1. The van der Waals surface area contributed by atoms with Gasteiger partial charge in [-0.1, -0.05) is 25.3 Å². The van der Waals surface area contributed by atoms with E-state index < -0.39 is 0 Å². The molecular formula is C20H25NO3. The number of ether oxygens (including phenoxy) is 1. The molecule has 1 unspecified atom stereocenters. The van der Waals surface area contributed by atoms with Crippen molar-refractivity contribution in [2.24, 2.45) is 29.6 Å². The molecule has 4 nitrogen and oxygen atoms in total. The number of hydrogen-bond donors (Lipinski definition) is 1. The molecule has 1 saturated heterocycles. The van der Waals surface area contributed by atoms with Gasteiger partial charge in [-0.2, -0.15) is 0 Å². The summed E-state index contributed by atoms with van der Waals surface area (Å²) in [6.45, 7) is 2.05. The van der Waals surface area contributed by atoms with E-state index in [2.05, 4.69) is 11.1 Å². The lowest BCUT2D eigenvalue weighted by Crippen LogP contribution is -2.42. The number of aromatic nitrogens is 1. The molecule has 24 heavy (non-hydrogen) atoms. The second kappa shape index (κ2) is 6.23. The van der Waals surface area contributed by atoms with Crippen molar-refractivity contribution in [3.8, 4) is 5.75 Å². The van der Waals surface area contributed by atoms with Gasteiger partial charge >= 0.3 is 5.97 Å². The first-order valence-corrected chi connectivity index (χ1v) is 9.17. The summed E-state index contributed by atoms with van der Waals surface area (Å²) in [7, 11) is 0. The number of aromatic hydroxyl groups is 1. The van der Waals surface area contributed by atoms with Crippen molar-refractivity contribution in [3.05, 3.63) is 30.1 Å². The summed E-state index contributed by atoms with van der Waals surface area (Å²) in [5.41, 5.74) is 0.847. The third kappa shape index (κ3) is 2.72. The Hall–Kier alpha value is -1.84. The number of carbonyl (C=O) groups excluding carboxylic acids is 1. The first-order valence-electron chi connectivity index (χ1n) is 9.17. The fourth-order valence-electron chi connectivity index (χ4n) is 5.29. The number of rotatable bonds is 2. The summed E-state index contributed by atoms with van der Waals surface area (Å²) >= 11 is 0. The first kappa shape index (κ1) is 15.7. The lowest BCUT2D eigenvalue weighted by Gasteiger charge is -2.45. The van der Waals surface area contributed by atoms with Gasteiger partial charge in [-0.25, -0.2) is 0 Å². The van der Waals surface area contributed by atoms with Gasteiger partial charge in [0.2, 0.25) is 0 Å². The second-order valence-electron chi connectivity index (χ2n) is 7.65. The van der Waals surface area contributed by atoms with Gasteiger partial charge in [-0.3, -0.25) is 9.78 Å². The fourth-order valence-corrected chi connectivity index (χ4v) is 5.29. The molecule has 1 aromatic heterocycles. The highest BCUT2D eigenvalue weighted by molar-refractivity contribution is 5.75. The zero-order valence-corrected chi connectivity index (χ0v) is 14.1. The highest BCUT2D eigenvalue weighted by atomic mass is 16.6. The Morgan fingerprint density at radius 2 is 2.12 bits per heavy atom. The molecule has 0 radical (unpaired) electrons. The van der Waals surface area contributed by atoms with Crippen LogP contribution in [0.25, 0.3) is 6.08 Å². The topological polar surface area (TPSA) is 59.4 Å². The standard InChI is InChI=1S/C20H25NO3/c1-12-19-17(9-7-14-6-8-15(22)11-21-14)16-5-3-2-4-13(16)10-18(19)20(23)24-12/h6-9,11-13,16-19,22H,2-5,10H2,1H3/b9-7+/t12-,13+,16?,17+,18-,19+/m0/s1. The van der Waals surface area contributed by atoms with Gasteiger partial charge in [-0.05, 0) is 55.7 Å². The minimum absolute atomic E-state index is 0.00723. The Morgan fingerprint density at radius 1 is 1.29 bits per heavy atom. The monoisotopic (exact) mass is 327 g/mol. The summed E-state index contributed by atoms with van der Waals surface area (Å²) in [4.78, 5) is 16.5. The molecule has 3 fully saturated rings. The number of carbonyl (C=O) groups is 1. The lowest BCUT2D eigenvalue weighted by atomic mass is 9.57. The van der Waals surface area contributed by atoms with Crippen LogP contribution in [0.5, 0.6) is 5.75 Å². The number of nitrogens with zero attached hydrogens (tertiary/aromatic N) is 1. The van der Waals surface area contributed by atoms with Crippen LogP contribution in [0.2, 0.25) is 0 Å². The molecule has 2 saturated carbocycles. The molecule has 1 aliphatic heterocycles. The van der Waals surface area contributed by atoms with E-state index in [0.717, 1.165) is 12.1 Å². The molecule has 4 heteroatoms. The Morgan fingerprint density at radius 3 is 2.92 bits per heavy atom. The molecule has 0 bridgehead atoms. The fraction of sp³-hybridized carbons (Fsp3) is 0.600. The van der Waals surface area contributed by atoms with Gasteiger partial charge in [0.05, 0.1) is 17.8 Å². The molecule has 3 aliphatic rings. The maximum absolute atomic E-state index is 12.3. The maximum atomic E-state index is 12.3. The average Bonchev–Trinajstić information content (AvgIpc) is 2.87. The lowest BCUT2D eigenvalue weighted by molar-refractivity contribution is -0.144. The molecule has 128 valence electrons. The number of hydrogen-bond acceptors (Lipinski definition) is 4. The average molecular weight is 327 g/mol. The molecular weight excluding hydrogens is 302 g/mol. The quantitative estimate of drug-likeness (QED) is 0.839. The molecule has 1 aromatic rings. The van der Waals surface area contributed by atoms with E-state index >= 15 is 0 Å². The third-order valence-corrected chi connectivity index (χ3v) is 6.33. The van der Waals surface area contributed by atoms with Crippen molar-refractivity contribution < 1.29 is 14.6 Å². The van der Waals surface area contributed by atoms with E-state index in [-0.39, 0.29) is 23.7 Å². The van der Waals surface area contributed by atoms with Gasteiger partial charge < -0.3 is 9.84 Å². The Labute approximate surface area is 142 Å². The van der Waals surface area contributed by atoms with E-state index in [1.165, 1.54) is 31.9 Å². The van der Waals surface area contributed by atoms with Crippen molar-refractivity contribution in [3.63, 3.8) is 0 Å². The van der Waals surface area contributed by atoms with E-state index in [4.69, 9.17) is 4.74 Å². The van der Waals surface area contributed by atoms with Crippen LogP contribution < -0.4 is 0 Å². The zero-order valence-electron chi connectivity index (χ0n) is 14.1. The summed E-state index contributed by atoms with van der Waals surface area (Å²) in [6, 6.07) is 3.48. The second-order valence-corrected chi connectivity index (χ2v) is 7.65. The Bertz CT molecular complexity index is 639. The molecule has 2 aliphatic carbocycles. The zero-order chi connectivity index (χ0) is 16.7. The summed E-state index contributed by atoms with van der Waals surface area (Å²) in [6.07, 6.45) is 11.9. The van der Waals surface area contributed by atoms with Crippen LogP contribution in [0.15, 0.2) is 24.4 Å². The smallest absolute Gasteiger partial charge is 0.309 e. The highest BCUT2D eigenvalue weighted by Gasteiger charge is 2.53. The van der Waals surface area contributed by atoms with Gasteiger partial charge in [-0.15, -0.1) is 0 Å². The minimum atomic E-state index is 0.00723. The summed E-state index contributed by atoms with van der Waals surface area (Å²) in [5.74, 6) is 2.25. The van der Waals surface area contributed by atoms with E-state index in [1.54, 1.807) is 6.07 Å². The highest BCUT2D eigenvalue weighted by Crippen LogP contribution is 2.53. The van der Waals surface area contributed by atoms with Gasteiger partial charge in [0, 0.05) is 5.92 Å². The molecule has 0 amide bonds. The van der Waals surface area contributed by atoms with Gasteiger partial charge in [0.25, 0.3) is 0 Å². The predicted molar refractivity (Wildman–Crippen MR) is 91.0 cm³/mol. The van der Waals surface area contributed by atoms with E-state index in [9.17, 15) is 9.90 Å². The molecule has 1 N–H and O–H groups in total. The van der Waals surface area contributed by atoms with Crippen molar-refractivity contribution in [2.45, 2.75) is 45.1 Å². The van der Waals surface area contributed by atoms with Crippen molar-refractivity contribution in [1.29, 1.82) is 0 Å². The molecule has 0 spiro atoms. The van der Waals surface area contributed by atoms with Crippen molar-refractivity contribution in [2.75, 3.05) is 0 Å².